The highest BCUT2D eigenvalue weighted by Crippen LogP contribution is 2.18. The minimum atomic E-state index is -3.63. The van der Waals surface area contributed by atoms with Crippen molar-refractivity contribution in [3.63, 3.8) is 0 Å². The van der Waals surface area contributed by atoms with Crippen LogP contribution in [0.4, 0.5) is 5.69 Å². The first-order valence-electron chi connectivity index (χ1n) is 7.35. The molecule has 0 atom stereocenters. The van der Waals surface area contributed by atoms with Crippen LogP contribution >= 0.6 is 0 Å². The molecule has 0 aromatic heterocycles. The van der Waals surface area contributed by atoms with Gasteiger partial charge in [-0.25, -0.2) is 8.42 Å². The number of rotatable bonds is 4. The number of amides is 1. The van der Waals surface area contributed by atoms with Crippen LogP contribution in [0.3, 0.4) is 0 Å². The van der Waals surface area contributed by atoms with Gasteiger partial charge in [-0.2, -0.15) is 0 Å². The zero-order valence-corrected chi connectivity index (χ0v) is 12.9. The lowest BCUT2D eigenvalue weighted by molar-refractivity contribution is -0.119. The van der Waals surface area contributed by atoms with Gasteiger partial charge in [-0.1, -0.05) is 31.7 Å². The second-order valence-corrected chi connectivity index (χ2v) is 7.58. The summed E-state index contributed by atoms with van der Waals surface area (Å²) in [5, 5.41) is 2.85. The van der Waals surface area contributed by atoms with Crippen molar-refractivity contribution in [1.29, 1.82) is 0 Å². The van der Waals surface area contributed by atoms with Crippen LogP contribution in [0.15, 0.2) is 29.2 Å². The third kappa shape index (κ3) is 4.74. The van der Waals surface area contributed by atoms with Gasteiger partial charge < -0.3 is 11.1 Å². The lowest BCUT2D eigenvalue weighted by atomic mass is 10.1. The molecule has 0 spiro atoms. The Hall–Kier alpha value is -1.56. The number of sulfone groups is 1. The van der Waals surface area contributed by atoms with Crippen molar-refractivity contribution in [3.05, 3.63) is 24.3 Å². The highest BCUT2D eigenvalue weighted by molar-refractivity contribution is 7.92. The van der Waals surface area contributed by atoms with Gasteiger partial charge in [-0.05, 0) is 31.0 Å². The third-order valence-electron chi connectivity index (χ3n) is 3.76. The summed E-state index contributed by atoms with van der Waals surface area (Å²) in [5.41, 5.74) is 5.96. The Morgan fingerprint density at radius 3 is 2.48 bits per heavy atom. The minimum Gasteiger partial charge on any atom is -0.399 e. The van der Waals surface area contributed by atoms with Gasteiger partial charge in [0, 0.05) is 11.7 Å². The summed E-state index contributed by atoms with van der Waals surface area (Å²) in [4.78, 5) is 12.1. The normalized spacial score (nSPS) is 17.1. The lowest BCUT2D eigenvalue weighted by Gasteiger charge is -2.16. The van der Waals surface area contributed by atoms with Crippen molar-refractivity contribution in [1.82, 2.24) is 5.32 Å². The van der Waals surface area contributed by atoms with Gasteiger partial charge in [0.2, 0.25) is 5.91 Å². The molecule has 5 nitrogen and oxygen atoms in total. The topological polar surface area (TPSA) is 89.3 Å². The van der Waals surface area contributed by atoms with E-state index in [1.807, 2.05) is 0 Å². The average molecular weight is 310 g/mol. The zero-order valence-electron chi connectivity index (χ0n) is 12.0. The van der Waals surface area contributed by atoms with Crippen LogP contribution in [0, 0.1) is 0 Å². The Bertz CT molecular complexity index is 591. The summed E-state index contributed by atoms with van der Waals surface area (Å²) in [6.07, 6.45) is 6.43. The van der Waals surface area contributed by atoms with Gasteiger partial charge in [-0.3, -0.25) is 4.79 Å². The van der Waals surface area contributed by atoms with Crippen LogP contribution in [0.2, 0.25) is 0 Å². The summed E-state index contributed by atoms with van der Waals surface area (Å²) in [7, 11) is -3.63. The number of hydrogen-bond acceptors (Lipinski definition) is 4. The standard InChI is InChI=1S/C15H22N2O3S/c16-12-6-5-9-14(10-12)21(19,20)11-15(18)17-13-7-3-1-2-4-8-13/h5-6,9-10,13H,1-4,7-8,11,16H2,(H,17,18). The van der Waals surface area contributed by atoms with Gasteiger partial charge >= 0.3 is 0 Å². The monoisotopic (exact) mass is 310 g/mol. The van der Waals surface area contributed by atoms with E-state index in [9.17, 15) is 13.2 Å². The van der Waals surface area contributed by atoms with E-state index in [0.717, 1.165) is 25.7 Å². The van der Waals surface area contributed by atoms with Crippen LogP contribution in [0.25, 0.3) is 0 Å². The molecule has 0 heterocycles. The summed E-state index contributed by atoms with van der Waals surface area (Å²) in [6.45, 7) is 0. The molecule has 3 N–H and O–H groups in total. The molecule has 0 bridgehead atoms. The van der Waals surface area contributed by atoms with Crippen molar-refractivity contribution in [2.75, 3.05) is 11.5 Å². The van der Waals surface area contributed by atoms with E-state index >= 15 is 0 Å². The summed E-state index contributed by atoms with van der Waals surface area (Å²) in [5.74, 6) is -0.947. The fraction of sp³-hybridized carbons (Fsp3) is 0.533. The smallest absolute Gasteiger partial charge is 0.235 e. The van der Waals surface area contributed by atoms with E-state index < -0.39 is 21.5 Å². The summed E-state index contributed by atoms with van der Waals surface area (Å²) in [6, 6.07) is 6.14. The molecular formula is C15H22N2O3S. The van der Waals surface area contributed by atoms with Crippen LogP contribution in [-0.2, 0) is 14.6 Å². The molecule has 0 radical (unpaired) electrons. The average Bonchev–Trinajstić information content (AvgIpc) is 2.66. The lowest BCUT2D eigenvalue weighted by Crippen LogP contribution is -2.38. The molecule has 1 saturated carbocycles. The molecular weight excluding hydrogens is 288 g/mol. The van der Waals surface area contributed by atoms with Crippen molar-refractivity contribution in [2.45, 2.75) is 49.5 Å². The van der Waals surface area contributed by atoms with Gasteiger partial charge in [0.1, 0.15) is 5.75 Å². The van der Waals surface area contributed by atoms with Crippen molar-refractivity contribution in [2.24, 2.45) is 0 Å². The number of carbonyl (C=O) groups is 1. The predicted molar refractivity (Wildman–Crippen MR) is 82.5 cm³/mol. The molecule has 1 aliphatic carbocycles. The Morgan fingerprint density at radius 1 is 1.19 bits per heavy atom. The highest BCUT2D eigenvalue weighted by Gasteiger charge is 2.22. The van der Waals surface area contributed by atoms with E-state index in [1.54, 1.807) is 12.1 Å². The van der Waals surface area contributed by atoms with Crippen LogP contribution in [0.1, 0.15) is 38.5 Å². The molecule has 1 fully saturated rings. The highest BCUT2D eigenvalue weighted by atomic mass is 32.2. The number of anilines is 1. The molecule has 2 rings (SSSR count). The Morgan fingerprint density at radius 2 is 1.86 bits per heavy atom. The fourth-order valence-corrected chi connectivity index (χ4v) is 3.85. The molecule has 1 aliphatic rings. The first kappa shape index (κ1) is 15.8. The van der Waals surface area contributed by atoms with E-state index in [4.69, 9.17) is 5.73 Å². The summed E-state index contributed by atoms with van der Waals surface area (Å²) < 4.78 is 24.4. The maximum Gasteiger partial charge on any atom is 0.235 e. The molecule has 0 saturated heterocycles. The molecule has 1 aromatic carbocycles. The van der Waals surface area contributed by atoms with Crippen LogP contribution in [0.5, 0.6) is 0 Å². The first-order chi connectivity index (χ1) is 9.97. The molecule has 0 aliphatic heterocycles. The van der Waals surface area contributed by atoms with Gasteiger partial charge in [0.15, 0.2) is 9.84 Å². The molecule has 1 amide bonds. The van der Waals surface area contributed by atoms with Crippen molar-refractivity contribution in [3.8, 4) is 0 Å². The number of nitrogen functional groups attached to an aromatic ring is 1. The summed E-state index contributed by atoms with van der Waals surface area (Å²) >= 11 is 0. The van der Waals surface area contributed by atoms with E-state index in [-0.39, 0.29) is 10.9 Å². The Balaban J connectivity index is 1.97. The number of nitrogens with one attached hydrogen (secondary N) is 1. The van der Waals surface area contributed by atoms with Gasteiger partial charge in [0.05, 0.1) is 4.90 Å². The molecule has 6 heteroatoms. The number of hydrogen-bond donors (Lipinski definition) is 2. The maximum atomic E-state index is 12.2. The number of nitrogens with two attached hydrogens (primary N) is 1. The first-order valence-corrected chi connectivity index (χ1v) is 9.00. The Kier molecular flexibility index (Phi) is 5.22. The van der Waals surface area contributed by atoms with Crippen molar-refractivity contribution >= 4 is 21.4 Å². The Labute approximate surface area is 125 Å². The molecule has 21 heavy (non-hydrogen) atoms. The van der Waals surface area contributed by atoms with E-state index in [2.05, 4.69) is 5.32 Å². The number of benzene rings is 1. The quantitative estimate of drug-likeness (QED) is 0.656. The SMILES string of the molecule is Nc1cccc(S(=O)(=O)CC(=O)NC2CCCCCC2)c1. The zero-order chi connectivity index (χ0) is 15.3. The molecule has 1 aromatic rings. The third-order valence-corrected chi connectivity index (χ3v) is 5.37. The van der Waals surface area contributed by atoms with Gasteiger partial charge in [0.25, 0.3) is 0 Å². The van der Waals surface area contributed by atoms with Crippen molar-refractivity contribution < 1.29 is 13.2 Å². The molecule has 116 valence electrons. The largest absolute Gasteiger partial charge is 0.399 e. The fourth-order valence-electron chi connectivity index (χ4n) is 2.66. The second kappa shape index (κ2) is 6.93. The van der Waals surface area contributed by atoms with E-state index in [0.29, 0.717) is 5.69 Å². The van der Waals surface area contributed by atoms with Crippen LogP contribution in [-0.4, -0.2) is 26.1 Å². The van der Waals surface area contributed by atoms with E-state index in [1.165, 1.54) is 25.0 Å². The predicted octanol–water partition coefficient (Wildman–Crippen LogP) is 1.88. The second-order valence-electron chi connectivity index (χ2n) is 5.59. The maximum absolute atomic E-state index is 12.2. The molecule has 0 unspecified atom stereocenters. The number of carbonyl (C=O) groups excluding carboxylic acids is 1. The minimum absolute atomic E-state index is 0.0958. The van der Waals surface area contributed by atoms with Gasteiger partial charge in [-0.15, -0.1) is 0 Å². The van der Waals surface area contributed by atoms with Crippen LogP contribution < -0.4 is 11.1 Å².